The van der Waals surface area contributed by atoms with E-state index in [-0.39, 0.29) is 0 Å². The maximum atomic E-state index is 6.10. The van der Waals surface area contributed by atoms with Gasteiger partial charge in [-0.2, -0.15) is 0 Å². The molecule has 0 bridgehead atoms. The van der Waals surface area contributed by atoms with Crippen molar-refractivity contribution in [3.05, 3.63) is 39.0 Å². The quantitative estimate of drug-likeness (QED) is 0.766. The summed E-state index contributed by atoms with van der Waals surface area (Å²) >= 11 is 17.0. The Hall–Kier alpha value is -0.770. The highest BCUT2D eigenvalue weighted by Gasteiger charge is 2.07. The van der Waals surface area contributed by atoms with Gasteiger partial charge in [0.2, 0.25) is 0 Å². The molecule has 0 fully saturated rings. The van der Waals surface area contributed by atoms with Gasteiger partial charge in [0.1, 0.15) is 4.64 Å². The van der Waals surface area contributed by atoms with Crippen LogP contribution in [0.2, 0.25) is 10.0 Å². The summed E-state index contributed by atoms with van der Waals surface area (Å²) in [6.45, 7) is 0. The molecule has 0 amide bonds. The number of aromatic amines is 1. The summed E-state index contributed by atoms with van der Waals surface area (Å²) in [6.07, 6.45) is 0. The van der Waals surface area contributed by atoms with E-state index in [1.54, 1.807) is 12.1 Å². The van der Waals surface area contributed by atoms with E-state index in [0.29, 0.717) is 14.7 Å². The maximum Gasteiger partial charge on any atom is 0.120 e. The minimum atomic E-state index is 0.618. The maximum absolute atomic E-state index is 6.10. The molecule has 1 aromatic carbocycles. The molecule has 78 valence electrons. The zero-order valence-corrected chi connectivity index (χ0v) is 10.2. The molecule has 0 atom stereocenters. The van der Waals surface area contributed by atoms with Gasteiger partial charge in [-0.1, -0.05) is 35.4 Å². The van der Waals surface area contributed by atoms with Crippen LogP contribution in [0.3, 0.4) is 0 Å². The Balaban J connectivity index is 2.64. The number of rotatable bonds is 1. The number of nitrogens with zero attached hydrogens (tertiary/aromatic N) is 1. The number of halogens is 2. The van der Waals surface area contributed by atoms with E-state index < -0.39 is 0 Å². The van der Waals surface area contributed by atoms with Gasteiger partial charge in [-0.25, -0.2) is 0 Å². The topological polar surface area (TPSA) is 20.7 Å². The molecule has 2 nitrogen and oxygen atoms in total. The molecular weight excluding hydrogens is 251 g/mol. The molecule has 0 unspecified atom stereocenters. The Morgan fingerprint density at radius 1 is 1.27 bits per heavy atom. The zero-order valence-electron chi connectivity index (χ0n) is 7.92. The highest BCUT2D eigenvalue weighted by molar-refractivity contribution is 7.71. The van der Waals surface area contributed by atoms with Gasteiger partial charge < -0.3 is 0 Å². The molecule has 15 heavy (non-hydrogen) atoms. The van der Waals surface area contributed by atoms with Crippen molar-refractivity contribution < 1.29 is 0 Å². The van der Waals surface area contributed by atoms with Gasteiger partial charge in [-0.15, -0.1) is 0 Å². The van der Waals surface area contributed by atoms with Crippen LogP contribution in [0, 0.1) is 4.64 Å². The van der Waals surface area contributed by atoms with E-state index in [1.165, 1.54) is 0 Å². The number of hydrogen-bond acceptors (Lipinski definition) is 1. The van der Waals surface area contributed by atoms with Crippen LogP contribution in [0.5, 0.6) is 0 Å². The van der Waals surface area contributed by atoms with Crippen molar-refractivity contribution in [2.24, 2.45) is 7.05 Å². The Bertz CT molecular complexity index is 557. The van der Waals surface area contributed by atoms with Crippen molar-refractivity contribution in [2.45, 2.75) is 0 Å². The molecule has 0 radical (unpaired) electrons. The lowest BCUT2D eigenvalue weighted by Gasteiger charge is -2.05. The SMILES string of the molecule is Cn1[nH]c(=S)cc1-c1ccc(Cl)cc1Cl. The van der Waals surface area contributed by atoms with Gasteiger partial charge in [-0.3, -0.25) is 9.78 Å². The first kappa shape index (κ1) is 10.7. The standard InChI is InChI=1S/C10H8Cl2N2S/c1-14-9(5-10(15)13-14)7-3-2-6(11)4-8(7)12/h2-5H,1H3,(H,13,15). The second-order valence-corrected chi connectivity index (χ2v) is 4.47. The normalized spacial score (nSPS) is 10.6. The Morgan fingerprint density at radius 3 is 2.53 bits per heavy atom. The number of aryl methyl sites for hydroxylation is 1. The first-order chi connectivity index (χ1) is 7.08. The Labute approximate surface area is 102 Å². The van der Waals surface area contributed by atoms with Crippen molar-refractivity contribution in [1.29, 1.82) is 0 Å². The number of nitrogens with one attached hydrogen (secondary N) is 1. The molecule has 0 aliphatic heterocycles. The summed E-state index contributed by atoms with van der Waals surface area (Å²) in [4.78, 5) is 0. The molecule has 0 aliphatic carbocycles. The predicted octanol–water partition coefficient (Wildman–Crippen LogP) is 4.06. The van der Waals surface area contributed by atoms with Crippen LogP contribution in [0.25, 0.3) is 11.3 Å². The van der Waals surface area contributed by atoms with Gasteiger partial charge in [0.05, 0.1) is 10.7 Å². The summed E-state index contributed by atoms with van der Waals surface area (Å²) in [5.41, 5.74) is 1.86. The average Bonchev–Trinajstić information content (AvgIpc) is 2.45. The molecule has 1 N–H and O–H groups in total. The van der Waals surface area contributed by atoms with Crippen LogP contribution in [0.15, 0.2) is 24.3 Å². The van der Waals surface area contributed by atoms with Crippen LogP contribution >= 0.6 is 35.4 Å². The third kappa shape index (κ3) is 2.09. The van der Waals surface area contributed by atoms with Crippen LogP contribution in [-0.2, 0) is 7.05 Å². The summed E-state index contributed by atoms with van der Waals surface area (Å²) in [5.74, 6) is 0. The summed E-state index contributed by atoms with van der Waals surface area (Å²) in [6, 6.07) is 7.26. The van der Waals surface area contributed by atoms with Gasteiger partial charge >= 0.3 is 0 Å². The average molecular weight is 259 g/mol. The van der Waals surface area contributed by atoms with Crippen molar-refractivity contribution in [1.82, 2.24) is 9.78 Å². The second kappa shape index (κ2) is 4.00. The van der Waals surface area contributed by atoms with Crippen LogP contribution in [-0.4, -0.2) is 9.78 Å². The van der Waals surface area contributed by atoms with Crippen LogP contribution in [0.4, 0.5) is 0 Å². The zero-order chi connectivity index (χ0) is 11.0. The monoisotopic (exact) mass is 258 g/mol. The van der Waals surface area contributed by atoms with E-state index >= 15 is 0 Å². The largest absolute Gasteiger partial charge is 0.289 e. The number of H-pyrrole nitrogens is 1. The fourth-order valence-electron chi connectivity index (χ4n) is 1.43. The smallest absolute Gasteiger partial charge is 0.120 e. The molecule has 0 saturated heterocycles. The molecule has 5 heteroatoms. The van der Waals surface area contributed by atoms with Crippen LogP contribution < -0.4 is 0 Å². The molecule has 0 spiro atoms. The van der Waals surface area contributed by atoms with Gasteiger partial charge in [0, 0.05) is 23.7 Å². The second-order valence-electron chi connectivity index (χ2n) is 3.19. The lowest BCUT2D eigenvalue weighted by Crippen LogP contribution is -1.93. The Kier molecular flexibility index (Phi) is 2.87. The van der Waals surface area contributed by atoms with Gasteiger partial charge in [0.15, 0.2) is 0 Å². The van der Waals surface area contributed by atoms with Gasteiger partial charge in [0.25, 0.3) is 0 Å². The van der Waals surface area contributed by atoms with E-state index in [0.717, 1.165) is 11.3 Å². The lowest BCUT2D eigenvalue weighted by atomic mass is 10.1. The van der Waals surface area contributed by atoms with E-state index in [2.05, 4.69) is 5.10 Å². The molecular formula is C10H8Cl2N2S. The van der Waals surface area contributed by atoms with Crippen molar-refractivity contribution in [2.75, 3.05) is 0 Å². The molecule has 2 aromatic rings. The fraction of sp³-hybridized carbons (Fsp3) is 0.100. The van der Waals surface area contributed by atoms with E-state index in [1.807, 2.05) is 23.9 Å². The number of aromatic nitrogens is 2. The molecule has 1 aromatic heterocycles. The van der Waals surface area contributed by atoms with Crippen molar-refractivity contribution in [3.8, 4) is 11.3 Å². The highest BCUT2D eigenvalue weighted by Crippen LogP contribution is 2.29. The molecule has 0 aliphatic rings. The minimum absolute atomic E-state index is 0.618. The molecule has 0 saturated carbocycles. The molecule has 2 rings (SSSR count). The van der Waals surface area contributed by atoms with E-state index in [4.69, 9.17) is 35.4 Å². The van der Waals surface area contributed by atoms with Crippen LogP contribution in [0.1, 0.15) is 0 Å². The number of benzene rings is 1. The summed E-state index contributed by atoms with van der Waals surface area (Å²) in [5, 5.41) is 4.23. The molecule has 1 heterocycles. The summed E-state index contributed by atoms with van der Waals surface area (Å²) in [7, 11) is 1.88. The van der Waals surface area contributed by atoms with Crippen molar-refractivity contribution in [3.63, 3.8) is 0 Å². The third-order valence-corrected chi connectivity index (χ3v) is 2.87. The summed E-state index contributed by atoms with van der Waals surface area (Å²) < 4.78 is 2.51. The lowest BCUT2D eigenvalue weighted by molar-refractivity contribution is 0.771. The first-order valence-corrected chi connectivity index (χ1v) is 5.46. The number of hydrogen-bond donors (Lipinski definition) is 1. The fourth-order valence-corrected chi connectivity index (χ4v) is 2.19. The van der Waals surface area contributed by atoms with Crippen molar-refractivity contribution >= 4 is 35.4 Å². The minimum Gasteiger partial charge on any atom is -0.289 e. The van der Waals surface area contributed by atoms with Gasteiger partial charge in [-0.05, 0) is 18.2 Å². The predicted molar refractivity (Wildman–Crippen MR) is 66.1 cm³/mol. The highest BCUT2D eigenvalue weighted by atomic mass is 35.5. The third-order valence-electron chi connectivity index (χ3n) is 2.11. The Morgan fingerprint density at radius 2 is 2.00 bits per heavy atom. The first-order valence-electron chi connectivity index (χ1n) is 4.29. The van der Waals surface area contributed by atoms with E-state index in [9.17, 15) is 0 Å².